The van der Waals surface area contributed by atoms with Gasteiger partial charge in [0.05, 0.1) is 5.54 Å². The molecule has 3 aliphatic heterocycles. The fourth-order valence-electron chi connectivity index (χ4n) is 13.5. The van der Waals surface area contributed by atoms with E-state index in [4.69, 9.17) is 0 Å². The van der Waals surface area contributed by atoms with Crippen molar-refractivity contribution in [3.63, 3.8) is 0 Å². The van der Waals surface area contributed by atoms with Crippen LogP contribution in [0.3, 0.4) is 0 Å². The summed E-state index contributed by atoms with van der Waals surface area (Å²) < 4.78 is 2.64. The second-order valence-electron chi connectivity index (χ2n) is 25.4. The number of thiophene rings is 1. The van der Waals surface area contributed by atoms with Gasteiger partial charge in [0.25, 0.3) is 6.71 Å². The van der Waals surface area contributed by atoms with Gasteiger partial charge in [-0.3, -0.25) is 0 Å². The molecule has 2 unspecified atom stereocenters. The van der Waals surface area contributed by atoms with Gasteiger partial charge in [-0.2, -0.15) is 0 Å². The lowest BCUT2D eigenvalue weighted by Crippen LogP contribution is -2.62. The Balaban J connectivity index is 1.14. The number of fused-ring (bicyclic) bond motifs is 10. The van der Waals surface area contributed by atoms with Crippen LogP contribution in [0, 0.1) is 0 Å². The summed E-state index contributed by atoms with van der Waals surface area (Å²) in [4.78, 5) is 8.10. The molecule has 5 heteroatoms. The number of rotatable bonds is 4. The number of benzene rings is 8. The van der Waals surface area contributed by atoms with Gasteiger partial charge in [0, 0.05) is 71.1 Å². The number of anilines is 8. The summed E-state index contributed by atoms with van der Waals surface area (Å²) in [6.45, 7) is 26.3. The molecule has 13 rings (SSSR count). The van der Waals surface area contributed by atoms with E-state index in [2.05, 4.69) is 255 Å². The standard InChI is InChI=1S/C68H68BN3S/c1-64(2,3)45-24-28-48(29-25-45)70-57-33-26-46(65(4,5)6)38-54(57)69-55-39-47(66(7,8)9)27-34-58(55)71(49-30-31-52-51-21-15-16-22-61(51)73-62(52)42-49)60-41-50(40-59(70)63(60)69)72-56-32-23-44(43-19-13-12-14-20-43)37-53(56)67(10)35-17-18-36-68(67,72)11/h12-16,19-34,37-42H,17-18,35-36H2,1-11H3. The SMILES string of the molecule is CC(C)(C)c1ccc(N2c3ccc(C(C)(C)C)cc3B3c4cc(C(C)(C)C)ccc4N(c4ccc5c(c4)sc4ccccc45)c4cc(N5c6ccc(-c7ccccc7)cc6C6(C)CCCCC56C)cc2c43)cc1. The summed E-state index contributed by atoms with van der Waals surface area (Å²) in [7, 11) is 0. The summed E-state index contributed by atoms with van der Waals surface area (Å²) in [6, 6.07) is 64.2. The highest BCUT2D eigenvalue weighted by Gasteiger charge is 2.58. The average molecular weight is 970 g/mol. The van der Waals surface area contributed by atoms with E-state index in [1.807, 2.05) is 11.3 Å². The van der Waals surface area contributed by atoms with Gasteiger partial charge in [-0.15, -0.1) is 11.3 Å². The molecule has 2 atom stereocenters. The van der Waals surface area contributed by atoms with E-state index in [0.29, 0.717) is 0 Å². The van der Waals surface area contributed by atoms with Crippen molar-refractivity contribution in [3.8, 4) is 11.1 Å². The Hall–Kier alpha value is -6.56. The second kappa shape index (κ2) is 16.0. The van der Waals surface area contributed by atoms with Crippen molar-refractivity contribution >= 4 is 100 Å². The lowest BCUT2D eigenvalue weighted by atomic mass is 9.33. The predicted molar refractivity (Wildman–Crippen MR) is 318 cm³/mol. The Morgan fingerprint density at radius 3 is 1.63 bits per heavy atom. The molecule has 9 aromatic rings. The molecule has 364 valence electrons. The van der Waals surface area contributed by atoms with Crippen LogP contribution in [0.5, 0.6) is 0 Å². The van der Waals surface area contributed by atoms with Gasteiger partial charge in [0.1, 0.15) is 0 Å². The van der Waals surface area contributed by atoms with Gasteiger partial charge < -0.3 is 14.7 Å². The smallest absolute Gasteiger partial charge is 0.252 e. The van der Waals surface area contributed by atoms with E-state index < -0.39 is 0 Å². The molecule has 4 heterocycles. The first-order valence-electron chi connectivity index (χ1n) is 26.9. The van der Waals surface area contributed by atoms with E-state index in [9.17, 15) is 0 Å². The minimum atomic E-state index is -0.161. The first kappa shape index (κ1) is 46.2. The molecule has 4 aliphatic rings. The van der Waals surface area contributed by atoms with Gasteiger partial charge in [-0.25, -0.2) is 0 Å². The normalized spacial score (nSPS) is 19.2. The first-order valence-corrected chi connectivity index (χ1v) is 27.7. The Labute approximate surface area is 438 Å². The summed E-state index contributed by atoms with van der Waals surface area (Å²) in [5.74, 6) is 0. The zero-order valence-corrected chi connectivity index (χ0v) is 45.6. The highest BCUT2D eigenvalue weighted by atomic mass is 32.1. The summed E-state index contributed by atoms with van der Waals surface area (Å²) in [6.07, 6.45) is 4.72. The first-order chi connectivity index (χ1) is 34.8. The molecule has 0 radical (unpaired) electrons. The van der Waals surface area contributed by atoms with Crippen molar-refractivity contribution in [2.24, 2.45) is 0 Å². The van der Waals surface area contributed by atoms with Crippen molar-refractivity contribution in [1.82, 2.24) is 0 Å². The fraction of sp³-hybridized carbons (Fsp3) is 0.294. The average Bonchev–Trinajstić information content (AvgIpc) is 3.84. The van der Waals surface area contributed by atoms with Gasteiger partial charge >= 0.3 is 0 Å². The Bertz CT molecular complexity index is 3700. The summed E-state index contributed by atoms with van der Waals surface area (Å²) in [5, 5.41) is 2.65. The van der Waals surface area contributed by atoms with Gasteiger partial charge in [-0.1, -0.05) is 179 Å². The maximum atomic E-state index is 2.81. The van der Waals surface area contributed by atoms with Crippen LogP contribution >= 0.6 is 11.3 Å². The molecule has 0 bridgehead atoms. The highest BCUT2D eigenvalue weighted by Crippen LogP contribution is 2.62. The van der Waals surface area contributed by atoms with Gasteiger partial charge in [0.2, 0.25) is 0 Å². The lowest BCUT2D eigenvalue weighted by Gasteiger charge is -2.51. The second-order valence-corrected chi connectivity index (χ2v) is 26.5. The van der Waals surface area contributed by atoms with Crippen molar-refractivity contribution in [2.45, 2.75) is 129 Å². The molecular formula is C68H68BN3S. The molecular weight excluding hydrogens is 902 g/mol. The quantitative estimate of drug-likeness (QED) is 0.163. The summed E-state index contributed by atoms with van der Waals surface area (Å²) >= 11 is 1.91. The van der Waals surface area contributed by atoms with Crippen LogP contribution in [0.15, 0.2) is 164 Å². The molecule has 0 spiro atoms. The zero-order valence-electron chi connectivity index (χ0n) is 44.7. The third-order valence-electron chi connectivity index (χ3n) is 17.9. The third kappa shape index (κ3) is 6.97. The lowest BCUT2D eigenvalue weighted by molar-refractivity contribution is 0.195. The molecule has 1 fully saturated rings. The van der Waals surface area contributed by atoms with Crippen molar-refractivity contribution in [2.75, 3.05) is 14.7 Å². The van der Waals surface area contributed by atoms with E-state index in [1.54, 1.807) is 0 Å². The minimum absolute atomic E-state index is 0.00196. The van der Waals surface area contributed by atoms with E-state index in [0.717, 1.165) is 12.8 Å². The molecule has 8 aromatic carbocycles. The maximum absolute atomic E-state index is 2.81. The van der Waals surface area contributed by atoms with E-state index >= 15 is 0 Å². The van der Waals surface area contributed by atoms with Crippen LogP contribution in [-0.2, 0) is 21.7 Å². The fourth-order valence-corrected chi connectivity index (χ4v) is 14.7. The molecule has 3 nitrogen and oxygen atoms in total. The van der Waals surface area contributed by atoms with Crippen molar-refractivity contribution in [3.05, 3.63) is 186 Å². The van der Waals surface area contributed by atoms with Crippen LogP contribution in [0.1, 0.15) is 124 Å². The molecule has 73 heavy (non-hydrogen) atoms. The molecule has 1 aliphatic carbocycles. The van der Waals surface area contributed by atoms with Crippen LogP contribution in [0.25, 0.3) is 31.3 Å². The summed E-state index contributed by atoms with van der Waals surface area (Å²) in [5.41, 5.74) is 21.9. The number of nitrogens with zero attached hydrogens (tertiary/aromatic N) is 3. The minimum Gasteiger partial charge on any atom is -0.334 e. The van der Waals surface area contributed by atoms with Crippen molar-refractivity contribution in [1.29, 1.82) is 0 Å². The van der Waals surface area contributed by atoms with Gasteiger partial charge in [-0.05, 0) is 153 Å². The van der Waals surface area contributed by atoms with E-state index in [1.165, 1.54) is 128 Å². The Kier molecular flexibility index (Phi) is 10.1. The highest BCUT2D eigenvalue weighted by molar-refractivity contribution is 7.25. The zero-order chi connectivity index (χ0) is 50.6. The largest absolute Gasteiger partial charge is 0.334 e. The molecule has 1 saturated carbocycles. The van der Waals surface area contributed by atoms with Crippen LogP contribution in [0.2, 0.25) is 0 Å². The third-order valence-corrected chi connectivity index (χ3v) is 19.0. The molecule has 0 N–H and O–H groups in total. The molecule has 1 aromatic heterocycles. The Morgan fingerprint density at radius 1 is 0.438 bits per heavy atom. The van der Waals surface area contributed by atoms with E-state index in [-0.39, 0.29) is 33.9 Å². The molecule has 0 saturated heterocycles. The number of hydrogen-bond acceptors (Lipinski definition) is 4. The topological polar surface area (TPSA) is 9.72 Å². The predicted octanol–water partition coefficient (Wildman–Crippen LogP) is 17.4. The van der Waals surface area contributed by atoms with Gasteiger partial charge in [0.15, 0.2) is 0 Å². The van der Waals surface area contributed by atoms with Crippen LogP contribution < -0.4 is 31.1 Å². The maximum Gasteiger partial charge on any atom is 0.252 e. The van der Waals surface area contributed by atoms with Crippen LogP contribution in [-0.4, -0.2) is 12.3 Å². The number of hydrogen-bond donors (Lipinski definition) is 0. The van der Waals surface area contributed by atoms with Crippen molar-refractivity contribution < 1.29 is 0 Å². The molecule has 0 amide bonds. The van der Waals surface area contributed by atoms with Crippen LogP contribution in [0.4, 0.5) is 45.5 Å². The monoisotopic (exact) mass is 970 g/mol. The Morgan fingerprint density at radius 2 is 0.986 bits per heavy atom.